The Hall–Kier alpha value is -3.74. The summed E-state index contributed by atoms with van der Waals surface area (Å²) in [5.74, 6) is -0.873. The fourth-order valence-electron chi connectivity index (χ4n) is 4.13. The summed E-state index contributed by atoms with van der Waals surface area (Å²) in [5.41, 5.74) is 3.85. The third-order valence-corrected chi connectivity index (χ3v) is 5.49. The van der Waals surface area contributed by atoms with Crippen LogP contribution in [0.2, 0.25) is 0 Å². The van der Waals surface area contributed by atoms with E-state index in [1.807, 2.05) is 25.1 Å². The van der Waals surface area contributed by atoms with Crippen LogP contribution in [-0.4, -0.2) is 16.6 Å². The van der Waals surface area contributed by atoms with Gasteiger partial charge in [-0.25, -0.2) is 0 Å². The first-order chi connectivity index (χ1) is 14.5. The second-order valence-corrected chi connectivity index (χ2v) is 7.43. The highest BCUT2D eigenvalue weighted by molar-refractivity contribution is 6.09. The predicted octanol–water partition coefficient (Wildman–Crippen LogP) is 4.20. The van der Waals surface area contributed by atoms with Crippen LogP contribution in [0.15, 0.2) is 77.1 Å². The molecule has 1 heterocycles. The number of hydrogen-bond acceptors (Lipinski definition) is 5. The van der Waals surface area contributed by atoms with E-state index in [0.29, 0.717) is 34.5 Å². The molecule has 0 saturated heterocycles. The average Bonchev–Trinajstić information content (AvgIpc) is 2.73. The van der Waals surface area contributed by atoms with Gasteiger partial charge in [0.1, 0.15) is 0 Å². The Morgan fingerprint density at radius 1 is 1.10 bits per heavy atom. The van der Waals surface area contributed by atoms with Crippen molar-refractivity contribution in [3.05, 3.63) is 92.8 Å². The first kappa shape index (κ1) is 19.6. The van der Waals surface area contributed by atoms with E-state index in [2.05, 4.69) is 10.6 Å². The van der Waals surface area contributed by atoms with Crippen molar-refractivity contribution in [2.75, 3.05) is 5.32 Å². The van der Waals surface area contributed by atoms with E-state index >= 15 is 0 Å². The Kier molecular flexibility index (Phi) is 5.18. The Balaban J connectivity index is 1.79. The van der Waals surface area contributed by atoms with Gasteiger partial charge in [-0.05, 0) is 37.5 Å². The van der Waals surface area contributed by atoms with Gasteiger partial charge >= 0.3 is 0 Å². The average molecular weight is 403 g/mol. The highest BCUT2D eigenvalue weighted by Gasteiger charge is 2.38. The lowest BCUT2D eigenvalue weighted by atomic mass is 9.75. The van der Waals surface area contributed by atoms with Gasteiger partial charge < -0.3 is 10.6 Å². The van der Waals surface area contributed by atoms with E-state index in [-0.39, 0.29) is 17.4 Å². The van der Waals surface area contributed by atoms with Crippen LogP contribution < -0.4 is 10.6 Å². The van der Waals surface area contributed by atoms with Crippen LogP contribution in [0.1, 0.15) is 37.7 Å². The molecule has 0 radical (unpaired) electrons. The third kappa shape index (κ3) is 3.61. The minimum Gasteiger partial charge on any atom is -0.362 e. The number of dihydropyridines is 1. The van der Waals surface area contributed by atoms with E-state index in [4.69, 9.17) is 0 Å². The molecule has 2 aliphatic rings. The molecule has 1 aliphatic carbocycles. The molecule has 0 aromatic heterocycles. The number of para-hydroxylation sites is 1. The molecule has 152 valence electrons. The van der Waals surface area contributed by atoms with Crippen molar-refractivity contribution in [3.63, 3.8) is 0 Å². The van der Waals surface area contributed by atoms with Crippen molar-refractivity contribution in [3.8, 4) is 0 Å². The monoisotopic (exact) mass is 403 g/mol. The molecule has 30 heavy (non-hydrogen) atoms. The number of ketones is 1. The van der Waals surface area contributed by atoms with Gasteiger partial charge in [-0.15, -0.1) is 0 Å². The quantitative estimate of drug-likeness (QED) is 0.588. The van der Waals surface area contributed by atoms with Crippen molar-refractivity contribution in [1.29, 1.82) is 0 Å². The minimum absolute atomic E-state index is 0.00427. The molecular weight excluding hydrogens is 382 g/mol. The Morgan fingerprint density at radius 3 is 2.47 bits per heavy atom. The molecule has 1 aliphatic heterocycles. The number of nitro groups is 1. The molecule has 0 fully saturated rings. The Labute approximate surface area is 173 Å². The molecule has 0 saturated carbocycles. The smallest absolute Gasteiger partial charge is 0.269 e. The van der Waals surface area contributed by atoms with Crippen LogP contribution in [0.5, 0.6) is 0 Å². The molecule has 1 amide bonds. The van der Waals surface area contributed by atoms with E-state index in [0.717, 1.165) is 18.5 Å². The topological polar surface area (TPSA) is 101 Å². The van der Waals surface area contributed by atoms with Gasteiger partial charge in [0, 0.05) is 52.7 Å². The van der Waals surface area contributed by atoms with Gasteiger partial charge in [0.05, 0.1) is 4.92 Å². The highest BCUT2D eigenvalue weighted by atomic mass is 16.6. The number of allylic oxidation sites excluding steroid dienone is 3. The number of carbonyl (C=O) groups excluding carboxylic acids is 2. The SMILES string of the molecule is CC1=C(C(=O)Nc2ccccc2)[C@H](c2ccc([N+](=O)[O-])cc2)C2=C(CCCC2=O)N1. The maximum Gasteiger partial charge on any atom is 0.269 e. The van der Waals surface area contributed by atoms with E-state index in [1.165, 1.54) is 12.1 Å². The van der Waals surface area contributed by atoms with Gasteiger partial charge in [0.2, 0.25) is 0 Å². The van der Waals surface area contributed by atoms with Crippen LogP contribution >= 0.6 is 0 Å². The molecule has 0 unspecified atom stereocenters. The number of anilines is 1. The van der Waals surface area contributed by atoms with Gasteiger partial charge in [-0.2, -0.15) is 0 Å². The second kappa shape index (κ2) is 7.94. The Bertz CT molecular complexity index is 1090. The number of nitrogens with one attached hydrogen (secondary N) is 2. The van der Waals surface area contributed by atoms with Crippen LogP contribution in [0.25, 0.3) is 0 Å². The zero-order valence-electron chi connectivity index (χ0n) is 16.5. The fraction of sp³-hybridized carbons (Fsp3) is 0.217. The standard InChI is InChI=1S/C23H21N3O4/c1-14-20(23(28)25-16-6-3-2-4-7-16)21(15-10-12-17(13-11-15)26(29)30)22-18(24-14)8-5-9-19(22)27/h2-4,6-7,10-13,21,24H,5,8-9H2,1H3,(H,25,28)/t21-/m0/s1. The molecular formula is C23H21N3O4. The number of benzene rings is 2. The summed E-state index contributed by atoms with van der Waals surface area (Å²) in [4.78, 5) is 36.7. The second-order valence-electron chi connectivity index (χ2n) is 7.43. The lowest BCUT2D eigenvalue weighted by Crippen LogP contribution is -2.35. The van der Waals surface area contributed by atoms with Gasteiger partial charge in [-0.3, -0.25) is 19.7 Å². The summed E-state index contributed by atoms with van der Waals surface area (Å²) in [5, 5.41) is 17.2. The summed E-state index contributed by atoms with van der Waals surface area (Å²) >= 11 is 0. The molecule has 1 atom stereocenters. The van der Waals surface area contributed by atoms with Gasteiger partial charge in [-0.1, -0.05) is 30.3 Å². The number of non-ortho nitro benzene ring substituents is 1. The number of rotatable bonds is 4. The molecule has 4 rings (SSSR count). The molecule has 2 aromatic rings. The zero-order chi connectivity index (χ0) is 21.3. The number of Topliss-reactive ketones (excluding diaryl/α,β-unsaturated/α-hetero) is 1. The van der Waals surface area contributed by atoms with Crippen molar-refractivity contribution in [1.82, 2.24) is 5.32 Å². The lowest BCUT2D eigenvalue weighted by Gasteiger charge is -2.34. The predicted molar refractivity (Wildman–Crippen MR) is 113 cm³/mol. The normalized spacial score (nSPS) is 18.6. The molecule has 0 bridgehead atoms. The number of nitrogens with zero attached hydrogens (tertiary/aromatic N) is 1. The number of nitro benzene ring substituents is 1. The lowest BCUT2D eigenvalue weighted by molar-refractivity contribution is -0.384. The van der Waals surface area contributed by atoms with Crippen LogP contribution in [0.3, 0.4) is 0 Å². The summed E-state index contributed by atoms with van der Waals surface area (Å²) in [6.07, 6.45) is 1.92. The summed E-state index contributed by atoms with van der Waals surface area (Å²) < 4.78 is 0. The zero-order valence-corrected chi connectivity index (χ0v) is 16.5. The molecule has 2 N–H and O–H groups in total. The number of carbonyl (C=O) groups is 2. The van der Waals surface area contributed by atoms with Crippen molar-refractivity contribution in [2.24, 2.45) is 0 Å². The van der Waals surface area contributed by atoms with Crippen molar-refractivity contribution in [2.45, 2.75) is 32.1 Å². The number of amides is 1. The molecule has 7 nitrogen and oxygen atoms in total. The molecule has 0 spiro atoms. The maximum absolute atomic E-state index is 13.3. The van der Waals surface area contributed by atoms with Crippen LogP contribution in [0, 0.1) is 10.1 Å². The van der Waals surface area contributed by atoms with E-state index < -0.39 is 10.8 Å². The van der Waals surface area contributed by atoms with Crippen LogP contribution in [-0.2, 0) is 9.59 Å². The summed E-state index contributed by atoms with van der Waals surface area (Å²) in [6.45, 7) is 1.82. The Morgan fingerprint density at radius 2 is 1.80 bits per heavy atom. The first-order valence-electron chi connectivity index (χ1n) is 9.80. The maximum atomic E-state index is 13.3. The fourth-order valence-corrected chi connectivity index (χ4v) is 4.13. The highest BCUT2D eigenvalue weighted by Crippen LogP contribution is 2.42. The van der Waals surface area contributed by atoms with E-state index in [9.17, 15) is 19.7 Å². The van der Waals surface area contributed by atoms with E-state index in [1.54, 1.807) is 24.3 Å². The third-order valence-electron chi connectivity index (χ3n) is 5.49. The molecule has 7 heteroatoms. The van der Waals surface area contributed by atoms with Gasteiger partial charge in [0.25, 0.3) is 11.6 Å². The first-order valence-corrected chi connectivity index (χ1v) is 9.80. The largest absolute Gasteiger partial charge is 0.362 e. The van der Waals surface area contributed by atoms with Gasteiger partial charge in [0.15, 0.2) is 5.78 Å². The minimum atomic E-state index is -0.571. The summed E-state index contributed by atoms with van der Waals surface area (Å²) in [6, 6.07) is 15.2. The summed E-state index contributed by atoms with van der Waals surface area (Å²) in [7, 11) is 0. The number of hydrogen-bond donors (Lipinski definition) is 2. The van der Waals surface area contributed by atoms with Crippen molar-refractivity contribution < 1.29 is 14.5 Å². The van der Waals surface area contributed by atoms with Crippen molar-refractivity contribution >= 4 is 23.1 Å². The molecule has 2 aromatic carbocycles. The van der Waals surface area contributed by atoms with Crippen LogP contribution in [0.4, 0.5) is 11.4 Å².